The van der Waals surface area contributed by atoms with Gasteiger partial charge in [0.15, 0.2) is 0 Å². The van der Waals surface area contributed by atoms with Gasteiger partial charge in [-0.05, 0) is 24.3 Å². The molecule has 1 aromatic heterocycles. The molecule has 0 radical (unpaired) electrons. The van der Waals surface area contributed by atoms with Crippen molar-refractivity contribution in [1.82, 2.24) is 9.66 Å². The molecule has 0 aliphatic carbocycles. The number of carbonyl (C=O) groups is 1. The lowest BCUT2D eigenvalue weighted by atomic mass is 10.1. The molecule has 0 saturated carbocycles. The van der Waals surface area contributed by atoms with Crippen molar-refractivity contribution in [2.24, 2.45) is 0 Å². The van der Waals surface area contributed by atoms with E-state index in [0.29, 0.717) is 10.9 Å². The van der Waals surface area contributed by atoms with E-state index in [9.17, 15) is 14.0 Å². The number of nitrogens with zero attached hydrogens (tertiary/aromatic N) is 2. The van der Waals surface area contributed by atoms with Gasteiger partial charge in [-0.25, -0.2) is 14.1 Å². The molecule has 0 saturated heterocycles. The molecule has 1 amide bonds. The minimum absolute atomic E-state index is 0.0773. The third kappa shape index (κ3) is 3.07. The molecule has 7 heteroatoms. The molecule has 0 aliphatic rings. The van der Waals surface area contributed by atoms with E-state index in [1.165, 1.54) is 24.5 Å². The molecule has 5 nitrogen and oxygen atoms in total. The van der Waals surface area contributed by atoms with Crippen molar-refractivity contribution in [3.8, 4) is 0 Å². The molecule has 3 aromatic rings. The highest BCUT2D eigenvalue weighted by Crippen LogP contribution is 2.19. The van der Waals surface area contributed by atoms with E-state index < -0.39 is 17.3 Å². The molecule has 2 aromatic carbocycles. The summed E-state index contributed by atoms with van der Waals surface area (Å²) in [4.78, 5) is 28.4. The summed E-state index contributed by atoms with van der Waals surface area (Å²) < 4.78 is 14.7. The van der Waals surface area contributed by atoms with Gasteiger partial charge in [-0.15, -0.1) is 0 Å². The molecule has 0 atom stereocenters. The summed E-state index contributed by atoms with van der Waals surface area (Å²) in [6, 6.07) is 10.9. The second kappa shape index (κ2) is 6.18. The Balaban J connectivity index is 1.86. The maximum Gasteiger partial charge on any atom is 0.280 e. The number of aromatic nitrogens is 2. The van der Waals surface area contributed by atoms with E-state index in [2.05, 4.69) is 10.4 Å². The summed E-state index contributed by atoms with van der Waals surface area (Å²) in [6.07, 6.45) is 0.927. The molecule has 23 heavy (non-hydrogen) atoms. The fraction of sp³-hybridized carbons (Fsp3) is 0.0625. The number of fused-ring (bicyclic) bond motifs is 1. The van der Waals surface area contributed by atoms with Crippen molar-refractivity contribution < 1.29 is 9.18 Å². The molecule has 0 aliphatic heterocycles. The van der Waals surface area contributed by atoms with Gasteiger partial charge in [-0.1, -0.05) is 29.8 Å². The van der Waals surface area contributed by atoms with Crippen LogP contribution in [0, 0.1) is 5.82 Å². The number of benzene rings is 2. The van der Waals surface area contributed by atoms with Gasteiger partial charge in [0.2, 0.25) is 5.91 Å². The van der Waals surface area contributed by atoms with Gasteiger partial charge in [0.05, 0.1) is 17.3 Å². The monoisotopic (exact) mass is 331 g/mol. The summed E-state index contributed by atoms with van der Waals surface area (Å²) in [5.74, 6) is -1.15. The third-order valence-electron chi connectivity index (χ3n) is 3.31. The van der Waals surface area contributed by atoms with Crippen LogP contribution in [0.2, 0.25) is 5.02 Å². The molecule has 0 spiro atoms. The van der Waals surface area contributed by atoms with Crippen LogP contribution in [0.1, 0.15) is 5.56 Å². The SMILES string of the molecule is O=C(Cc1c(F)cccc1Cl)Nn1cnc2ccccc2c1=O. The summed E-state index contributed by atoms with van der Waals surface area (Å²) in [7, 11) is 0. The first-order valence-corrected chi connectivity index (χ1v) is 7.13. The molecule has 0 bridgehead atoms. The van der Waals surface area contributed by atoms with Crippen LogP contribution in [0.15, 0.2) is 53.6 Å². The molecule has 1 heterocycles. The Morgan fingerprint density at radius 2 is 2.00 bits per heavy atom. The number of para-hydroxylation sites is 1. The van der Waals surface area contributed by atoms with Gasteiger partial charge in [-0.3, -0.25) is 15.0 Å². The van der Waals surface area contributed by atoms with Gasteiger partial charge in [0, 0.05) is 10.6 Å². The Morgan fingerprint density at radius 3 is 2.78 bits per heavy atom. The number of hydrogen-bond acceptors (Lipinski definition) is 3. The fourth-order valence-electron chi connectivity index (χ4n) is 2.18. The Labute approximate surface area is 135 Å². The lowest BCUT2D eigenvalue weighted by molar-refractivity contribution is -0.116. The molecular weight excluding hydrogens is 321 g/mol. The lowest BCUT2D eigenvalue weighted by Crippen LogP contribution is -2.34. The van der Waals surface area contributed by atoms with Crippen LogP contribution >= 0.6 is 11.6 Å². The van der Waals surface area contributed by atoms with Crippen molar-refractivity contribution in [1.29, 1.82) is 0 Å². The highest BCUT2D eigenvalue weighted by Gasteiger charge is 2.13. The van der Waals surface area contributed by atoms with Gasteiger partial charge in [0.1, 0.15) is 12.1 Å². The zero-order chi connectivity index (χ0) is 16.4. The van der Waals surface area contributed by atoms with Crippen molar-refractivity contribution in [3.05, 3.63) is 75.5 Å². The zero-order valence-electron chi connectivity index (χ0n) is 11.8. The van der Waals surface area contributed by atoms with Gasteiger partial charge >= 0.3 is 0 Å². The highest BCUT2D eigenvalue weighted by molar-refractivity contribution is 6.31. The van der Waals surface area contributed by atoms with Crippen molar-refractivity contribution >= 4 is 28.4 Å². The number of carbonyl (C=O) groups excluding carboxylic acids is 1. The average molecular weight is 332 g/mol. The van der Waals surface area contributed by atoms with Gasteiger partial charge < -0.3 is 0 Å². The standard InChI is InChI=1S/C16H11ClFN3O2/c17-12-5-3-6-13(18)11(12)8-15(22)20-21-9-19-14-7-2-1-4-10(14)16(21)23/h1-7,9H,8H2,(H,20,22). The smallest absolute Gasteiger partial charge is 0.273 e. The molecule has 116 valence electrons. The highest BCUT2D eigenvalue weighted by atomic mass is 35.5. The molecular formula is C16H11ClFN3O2. The lowest BCUT2D eigenvalue weighted by Gasteiger charge is -2.09. The van der Waals surface area contributed by atoms with E-state index in [4.69, 9.17) is 11.6 Å². The third-order valence-corrected chi connectivity index (χ3v) is 3.66. The van der Waals surface area contributed by atoms with Crippen LogP contribution in [0.3, 0.4) is 0 Å². The Hall–Kier alpha value is -2.73. The first-order chi connectivity index (χ1) is 11.1. The Kier molecular flexibility index (Phi) is 4.08. The Morgan fingerprint density at radius 1 is 1.22 bits per heavy atom. The largest absolute Gasteiger partial charge is 0.280 e. The molecule has 0 unspecified atom stereocenters. The van der Waals surface area contributed by atoms with Crippen LogP contribution in [0.4, 0.5) is 4.39 Å². The van der Waals surface area contributed by atoms with E-state index in [1.807, 2.05) is 0 Å². The van der Waals surface area contributed by atoms with Crippen LogP contribution in [-0.4, -0.2) is 15.6 Å². The van der Waals surface area contributed by atoms with E-state index in [-0.39, 0.29) is 17.0 Å². The fourth-order valence-corrected chi connectivity index (χ4v) is 2.41. The van der Waals surface area contributed by atoms with Crippen molar-refractivity contribution in [3.63, 3.8) is 0 Å². The Bertz CT molecular complexity index is 935. The maximum atomic E-state index is 13.7. The van der Waals surface area contributed by atoms with Crippen molar-refractivity contribution in [2.45, 2.75) is 6.42 Å². The molecule has 0 fully saturated rings. The predicted molar refractivity (Wildman–Crippen MR) is 85.5 cm³/mol. The molecule has 3 rings (SSSR count). The van der Waals surface area contributed by atoms with Gasteiger partial charge in [0.25, 0.3) is 5.56 Å². The topological polar surface area (TPSA) is 64.0 Å². The quantitative estimate of drug-likeness (QED) is 0.802. The van der Waals surface area contributed by atoms with Crippen LogP contribution in [-0.2, 0) is 11.2 Å². The summed E-state index contributed by atoms with van der Waals surface area (Å²) in [5, 5.41) is 0.531. The average Bonchev–Trinajstić information content (AvgIpc) is 2.54. The van der Waals surface area contributed by atoms with Crippen molar-refractivity contribution in [2.75, 3.05) is 5.43 Å². The van der Waals surface area contributed by atoms with E-state index >= 15 is 0 Å². The van der Waals surface area contributed by atoms with E-state index in [1.54, 1.807) is 24.3 Å². The minimum Gasteiger partial charge on any atom is -0.273 e. The predicted octanol–water partition coefficient (Wildman–Crippen LogP) is 2.50. The summed E-state index contributed by atoms with van der Waals surface area (Å²) in [6.45, 7) is 0. The second-order valence-electron chi connectivity index (χ2n) is 4.85. The van der Waals surface area contributed by atoms with Crippen LogP contribution < -0.4 is 11.0 Å². The first-order valence-electron chi connectivity index (χ1n) is 6.75. The van der Waals surface area contributed by atoms with Crippen LogP contribution in [0.5, 0.6) is 0 Å². The summed E-state index contributed by atoms with van der Waals surface area (Å²) in [5.41, 5.74) is 2.57. The number of amides is 1. The second-order valence-corrected chi connectivity index (χ2v) is 5.26. The van der Waals surface area contributed by atoms with Gasteiger partial charge in [-0.2, -0.15) is 0 Å². The summed E-state index contributed by atoms with van der Waals surface area (Å²) >= 11 is 5.89. The first kappa shape index (κ1) is 15.2. The number of halogens is 2. The maximum absolute atomic E-state index is 13.7. The normalized spacial score (nSPS) is 10.7. The molecule has 1 N–H and O–H groups in total. The van der Waals surface area contributed by atoms with E-state index in [0.717, 1.165) is 4.68 Å². The van der Waals surface area contributed by atoms with Crippen LogP contribution in [0.25, 0.3) is 10.9 Å². The number of nitrogens with one attached hydrogen (secondary N) is 1. The minimum atomic E-state index is -0.573. The number of hydrogen-bond donors (Lipinski definition) is 1. The zero-order valence-corrected chi connectivity index (χ0v) is 12.5. The number of rotatable bonds is 3.